The fourth-order valence-electron chi connectivity index (χ4n) is 2.23. The zero-order valence-corrected chi connectivity index (χ0v) is 11.9. The first-order valence-corrected chi connectivity index (χ1v) is 7.13. The number of nitrogens with one attached hydrogen (secondary N) is 2. The van der Waals surface area contributed by atoms with Crippen LogP contribution in [-0.4, -0.2) is 26.3 Å². The molecule has 5 nitrogen and oxygen atoms in total. The Morgan fingerprint density at radius 1 is 1.10 bits per heavy atom. The summed E-state index contributed by atoms with van der Waals surface area (Å²) >= 11 is 0. The van der Waals surface area contributed by atoms with Crippen LogP contribution in [0.3, 0.4) is 0 Å². The molecule has 0 fully saturated rings. The molecule has 0 saturated heterocycles. The Kier molecular flexibility index (Phi) is 4.43. The average molecular weight is 281 g/mol. The van der Waals surface area contributed by atoms with E-state index in [9.17, 15) is 0 Å². The number of rotatable bonds is 7. The van der Waals surface area contributed by atoms with Crippen molar-refractivity contribution in [2.24, 2.45) is 0 Å². The molecule has 0 amide bonds. The van der Waals surface area contributed by atoms with Gasteiger partial charge in [0, 0.05) is 43.2 Å². The average Bonchev–Trinajstić information content (AvgIpc) is 3.17. The first kappa shape index (κ1) is 13.6. The summed E-state index contributed by atoms with van der Waals surface area (Å²) in [6.45, 7) is 2.57. The number of imidazole rings is 1. The van der Waals surface area contributed by atoms with Crippen LogP contribution in [0.5, 0.6) is 0 Å². The summed E-state index contributed by atoms with van der Waals surface area (Å²) in [6, 6.07) is 10.4. The molecule has 3 rings (SSSR count). The molecule has 1 aromatic carbocycles. The van der Waals surface area contributed by atoms with Crippen molar-refractivity contribution in [2.75, 3.05) is 6.54 Å². The molecule has 2 aromatic heterocycles. The topological polar surface area (TPSA) is 58.5 Å². The van der Waals surface area contributed by atoms with Crippen LogP contribution in [0.1, 0.15) is 16.8 Å². The van der Waals surface area contributed by atoms with Crippen molar-refractivity contribution >= 4 is 0 Å². The molecule has 0 aliphatic heterocycles. The first-order chi connectivity index (χ1) is 10.4. The number of H-pyrrole nitrogens is 1. The van der Waals surface area contributed by atoms with Gasteiger partial charge in [-0.25, -0.2) is 4.98 Å². The Morgan fingerprint density at radius 3 is 2.81 bits per heavy atom. The van der Waals surface area contributed by atoms with E-state index in [0.717, 1.165) is 31.7 Å². The van der Waals surface area contributed by atoms with Crippen LogP contribution in [0.4, 0.5) is 0 Å². The third-order valence-electron chi connectivity index (χ3n) is 3.33. The van der Waals surface area contributed by atoms with Gasteiger partial charge in [-0.2, -0.15) is 5.10 Å². The predicted molar refractivity (Wildman–Crippen MR) is 81.8 cm³/mol. The van der Waals surface area contributed by atoms with Crippen molar-refractivity contribution in [3.8, 4) is 0 Å². The van der Waals surface area contributed by atoms with E-state index >= 15 is 0 Å². The van der Waals surface area contributed by atoms with Crippen molar-refractivity contribution in [1.29, 1.82) is 0 Å². The Hall–Kier alpha value is -2.40. The highest BCUT2D eigenvalue weighted by atomic mass is 15.3. The van der Waals surface area contributed by atoms with Crippen molar-refractivity contribution in [2.45, 2.75) is 19.5 Å². The second-order valence-electron chi connectivity index (χ2n) is 5.04. The maximum atomic E-state index is 4.40. The van der Waals surface area contributed by atoms with Crippen LogP contribution in [0, 0.1) is 0 Å². The summed E-state index contributed by atoms with van der Waals surface area (Å²) in [4.78, 5) is 7.11. The van der Waals surface area contributed by atoms with Gasteiger partial charge in [0.1, 0.15) is 0 Å². The van der Waals surface area contributed by atoms with Crippen LogP contribution in [0.15, 0.2) is 55.2 Å². The number of hydrogen-bond donors (Lipinski definition) is 2. The molecule has 0 aliphatic rings. The molecule has 0 unspecified atom stereocenters. The van der Waals surface area contributed by atoms with E-state index in [-0.39, 0.29) is 0 Å². The number of benzene rings is 1. The Labute approximate surface area is 124 Å². The monoisotopic (exact) mass is 281 g/mol. The zero-order chi connectivity index (χ0) is 14.3. The van der Waals surface area contributed by atoms with E-state index in [0.29, 0.717) is 0 Å². The smallest absolute Gasteiger partial charge is 0.0921 e. The number of aromatic amines is 1. The molecule has 0 spiro atoms. The highest BCUT2D eigenvalue weighted by Gasteiger charge is 2.00. The molecule has 0 saturated carbocycles. The molecule has 3 aromatic rings. The number of aromatic nitrogens is 4. The van der Waals surface area contributed by atoms with Gasteiger partial charge in [-0.15, -0.1) is 0 Å². The summed E-state index contributed by atoms with van der Waals surface area (Å²) in [5.41, 5.74) is 3.62. The van der Waals surface area contributed by atoms with Gasteiger partial charge in [-0.3, -0.25) is 4.68 Å². The van der Waals surface area contributed by atoms with Gasteiger partial charge in [0.25, 0.3) is 0 Å². The third kappa shape index (κ3) is 4.03. The second-order valence-corrected chi connectivity index (χ2v) is 5.04. The Morgan fingerprint density at radius 2 is 2.00 bits per heavy atom. The van der Waals surface area contributed by atoms with E-state index in [4.69, 9.17) is 0 Å². The number of hydrogen-bond acceptors (Lipinski definition) is 3. The molecular weight excluding hydrogens is 262 g/mol. The molecule has 21 heavy (non-hydrogen) atoms. The largest absolute Gasteiger partial charge is 0.348 e. The summed E-state index contributed by atoms with van der Waals surface area (Å²) in [5.74, 6) is 0. The van der Waals surface area contributed by atoms with Gasteiger partial charge in [-0.1, -0.05) is 30.3 Å². The zero-order valence-electron chi connectivity index (χ0n) is 11.9. The summed E-state index contributed by atoms with van der Waals surface area (Å²) in [5, 5.41) is 7.82. The SMILES string of the molecule is c1ccc(Cn2cc(CNCCc3cnc[nH]3)cn2)cc1. The fourth-order valence-corrected chi connectivity index (χ4v) is 2.23. The minimum Gasteiger partial charge on any atom is -0.348 e. The fraction of sp³-hybridized carbons (Fsp3) is 0.250. The van der Waals surface area contributed by atoms with Crippen LogP contribution < -0.4 is 5.32 Å². The predicted octanol–water partition coefficient (Wildman–Crippen LogP) is 1.99. The maximum Gasteiger partial charge on any atom is 0.0921 e. The van der Waals surface area contributed by atoms with Gasteiger partial charge >= 0.3 is 0 Å². The highest BCUT2D eigenvalue weighted by Crippen LogP contribution is 2.04. The lowest BCUT2D eigenvalue weighted by Gasteiger charge is -2.02. The van der Waals surface area contributed by atoms with Gasteiger partial charge in [0.05, 0.1) is 19.1 Å². The quantitative estimate of drug-likeness (QED) is 0.651. The van der Waals surface area contributed by atoms with Gasteiger partial charge in [-0.05, 0) is 5.56 Å². The standard InChI is InChI=1S/C16H19N5/c1-2-4-14(5-3-1)11-21-12-15(9-20-21)8-17-7-6-16-10-18-13-19-16/h1-5,9-10,12-13,17H,6-8,11H2,(H,18,19). The normalized spacial score (nSPS) is 10.9. The first-order valence-electron chi connectivity index (χ1n) is 7.13. The molecule has 0 radical (unpaired) electrons. The lowest BCUT2D eigenvalue weighted by atomic mass is 10.2. The molecule has 108 valence electrons. The molecule has 2 heterocycles. The Bertz CT molecular complexity index is 642. The van der Waals surface area contributed by atoms with E-state index in [1.165, 1.54) is 11.1 Å². The van der Waals surface area contributed by atoms with Gasteiger partial charge < -0.3 is 10.3 Å². The van der Waals surface area contributed by atoms with Crippen LogP contribution in [0.2, 0.25) is 0 Å². The van der Waals surface area contributed by atoms with Crippen molar-refractivity contribution in [3.05, 3.63) is 72.1 Å². The maximum absolute atomic E-state index is 4.40. The van der Waals surface area contributed by atoms with E-state index in [1.54, 1.807) is 6.33 Å². The summed E-state index contributed by atoms with van der Waals surface area (Å²) in [7, 11) is 0. The highest BCUT2D eigenvalue weighted by molar-refractivity contribution is 5.15. The van der Waals surface area contributed by atoms with E-state index < -0.39 is 0 Å². The summed E-state index contributed by atoms with van der Waals surface area (Å²) in [6.07, 6.45) is 8.54. The number of nitrogens with zero attached hydrogens (tertiary/aromatic N) is 3. The van der Waals surface area contributed by atoms with Gasteiger partial charge in [0.15, 0.2) is 0 Å². The minimum absolute atomic E-state index is 0.814. The molecule has 0 atom stereocenters. The van der Waals surface area contributed by atoms with E-state index in [1.807, 2.05) is 23.1 Å². The van der Waals surface area contributed by atoms with E-state index in [2.05, 4.69) is 50.8 Å². The lowest BCUT2D eigenvalue weighted by Crippen LogP contribution is -2.16. The van der Waals surface area contributed by atoms with Crippen molar-refractivity contribution < 1.29 is 0 Å². The Balaban J connectivity index is 1.44. The minimum atomic E-state index is 0.814. The second kappa shape index (κ2) is 6.85. The molecule has 2 N–H and O–H groups in total. The van der Waals surface area contributed by atoms with Gasteiger partial charge in [0.2, 0.25) is 0 Å². The van der Waals surface area contributed by atoms with Crippen LogP contribution in [-0.2, 0) is 19.5 Å². The van der Waals surface area contributed by atoms with Crippen molar-refractivity contribution in [3.63, 3.8) is 0 Å². The van der Waals surface area contributed by atoms with Crippen LogP contribution >= 0.6 is 0 Å². The molecular formula is C16H19N5. The molecule has 0 bridgehead atoms. The molecule has 0 aliphatic carbocycles. The third-order valence-corrected chi connectivity index (χ3v) is 3.33. The molecule has 5 heteroatoms. The van der Waals surface area contributed by atoms with Crippen molar-refractivity contribution in [1.82, 2.24) is 25.1 Å². The lowest BCUT2D eigenvalue weighted by molar-refractivity contribution is 0.672. The summed E-state index contributed by atoms with van der Waals surface area (Å²) < 4.78 is 1.97. The van der Waals surface area contributed by atoms with Crippen LogP contribution in [0.25, 0.3) is 0 Å².